The molecule has 0 atom stereocenters. The number of carbonyl (C=O) groups is 1. The molecule has 100 valence electrons. The zero-order chi connectivity index (χ0) is 13.2. The second-order valence-corrected chi connectivity index (χ2v) is 5.39. The van der Waals surface area contributed by atoms with Crippen molar-refractivity contribution in [1.29, 1.82) is 0 Å². The van der Waals surface area contributed by atoms with E-state index in [1.54, 1.807) is 11.8 Å². The van der Waals surface area contributed by atoms with Crippen molar-refractivity contribution in [3.63, 3.8) is 0 Å². The maximum absolute atomic E-state index is 11.5. The Bertz CT molecular complexity index is 357. The van der Waals surface area contributed by atoms with Crippen LogP contribution in [0.4, 0.5) is 0 Å². The van der Waals surface area contributed by atoms with Gasteiger partial charge in [-0.15, -0.1) is 11.8 Å². The predicted octanol–water partition coefficient (Wildman–Crippen LogP) is 2.43. The second kappa shape index (κ2) is 9.25. The zero-order valence-corrected chi connectivity index (χ0v) is 11.9. The zero-order valence-electron chi connectivity index (χ0n) is 10.3. The first-order valence-corrected chi connectivity index (χ1v) is 7.54. The lowest BCUT2D eigenvalue weighted by atomic mass is 10.2. The Morgan fingerprint density at radius 1 is 1.28 bits per heavy atom. The van der Waals surface area contributed by atoms with Crippen LogP contribution in [0.3, 0.4) is 0 Å². The summed E-state index contributed by atoms with van der Waals surface area (Å²) in [6.07, 6.45) is 1.91. The first kappa shape index (κ1) is 15.3. The van der Waals surface area contributed by atoms with Crippen molar-refractivity contribution in [2.24, 2.45) is 5.73 Å². The number of thioether (sulfide) groups is 1. The molecule has 0 aliphatic heterocycles. The molecule has 0 bridgehead atoms. The van der Waals surface area contributed by atoms with E-state index in [0.29, 0.717) is 12.3 Å². The smallest absolute Gasteiger partial charge is 0.230 e. The van der Waals surface area contributed by atoms with E-state index in [0.717, 1.165) is 30.2 Å². The van der Waals surface area contributed by atoms with Crippen molar-refractivity contribution in [2.45, 2.75) is 18.6 Å². The van der Waals surface area contributed by atoms with Gasteiger partial charge in [-0.25, -0.2) is 0 Å². The number of unbranched alkanes of at least 4 members (excludes halogenated alkanes) is 1. The third kappa shape index (κ3) is 6.89. The standard InChI is InChI=1S/C13H19ClN2OS/c14-12-5-3-11(4-6-12)9-18-10-13(17)16-8-2-1-7-15/h3-6H,1-2,7-10,15H2,(H,16,17). The molecule has 18 heavy (non-hydrogen) atoms. The molecule has 1 aromatic carbocycles. The SMILES string of the molecule is NCCCCNC(=O)CSCc1ccc(Cl)cc1. The Kier molecular flexibility index (Phi) is 7.89. The van der Waals surface area contributed by atoms with Gasteiger partial charge in [-0.05, 0) is 37.1 Å². The number of hydrogen-bond donors (Lipinski definition) is 2. The van der Waals surface area contributed by atoms with E-state index in [4.69, 9.17) is 17.3 Å². The summed E-state index contributed by atoms with van der Waals surface area (Å²) in [6, 6.07) is 7.69. The van der Waals surface area contributed by atoms with Gasteiger partial charge < -0.3 is 11.1 Å². The maximum atomic E-state index is 11.5. The Balaban J connectivity index is 2.10. The average molecular weight is 287 g/mol. The first-order chi connectivity index (χ1) is 8.72. The van der Waals surface area contributed by atoms with E-state index < -0.39 is 0 Å². The number of amides is 1. The second-order valence-electron chi connectivity index (χ2n) is 3.97. The van der Waals surface area contributed by atoms with Gasteiger partial charge in [0.25, 0.3) is 0 Å². The molecular weight excluding hydrogens is 268 g/mol. The molecule has 1 aromatic rings. The first-order valence-electron chi connectivity index (χ1n) is 6.01. The lowest BCUT2D eigenvalue weighted by Gasteiger charge is -2.05. The highest BCUT2D eigenvalue weighted by molar-refractivity contribution is 7.99. The minimum atomic E-state index is 0.0889. The van der Waals surface area contributed by atoms with Gasteiger partial charge in [-0.3, -0.25) is 4.79 Å². The molecule has 0 spiro atoms. The van der Waals surface area contributed by atoms with Crippen LogP contribution in [-0.4, -0.2) is 24.7 Å². The van der Waals surface area contributed by atoms with Gasteiger partial charge in [0.1, 0.15) is 0 Å². The van der Waals surface area contributed by atoms with E-state index in [9.17, 15) is 4.79 Å². The van der Waals surface area contributed by atoms with E-state index in [2.05, 4.69) is 5.32 Å². The predicted molar refractivity (Wildman–Crippen MR) is 78.9 cm³/mol. The molecule has 1 rings (SSSR count). The summed E-state index contributed by atoms with van der Waals surface area (Å²) < 4.78 is 0. The van der Waals surface area contributed by atoms with Gasteiger partial charge in [0, 0.05) is 17.3 Å². The largest absolute Gasteiger partial charge is 0.355 e. The quantitative estimate of drug-likeness (QED) is 0.722. The summed E-state index contributed by atoms with van der Waals surface area (Å²) in [4.78, 5) is 11.5. The minimum Gasteiger partial charge on any atom is -0.355 e. The van der Waals surface area contributed by atoms with Crippen LogP contribution in [0.1, 0.15) is 18.4 Å². The molecule has 3 nitrogen and oxygen atoms in total. The molecule has 0 unspecified atom stereocenters. The Morgan fingerprint density at radius 3 is 2.67 bits per heavy atom. The summed E-state index contributed by atoms with van der Waals surface area (Å²) in [6.45, 7) is 1.40. The lowest BCUT2D eigenvalue weighted by molar-refractivity contribution is -0.118. The molecule has 0 radical (unpaired) electrons. The number of carbonyl (C=O) groups excluding carboxylic acids is 1. The fourth-order valence-electron chi connectivity index (χ4n) is 1.39. The number of nitrogens with one attached hydrogen (secondary N) is 1. The summed E-state index contributed by atoms with van der Waals surface area (Å²) >= 11 is 7.40. The van der Waals surface area contributed by atoms with Gasteiger partial charge in [0.2, 0.25) is 5.91 Å². The normalized spacial score (nSPS) is 10.3. The molecular formula is C13H19ClN2OS. The van der Waals surface area contributed by atoms with Crippen LogP contribution in [0, 0.1) is 0 Å². The molecule has 0 aliphatic carbocycles. The Morgan fingerprint density at radius 2 is 2.00 bits per heavy atom. The number of halogens is 1. The molecule has 0 aromatic heterocycles. The third-order valence-corrected chi connectivity index (χ3v) is 3.62. The highest BCUT2D eigenvalue weighted by atomic mass is 35.5. The summed E-state index contributed by atoms with van der Waals surface area (Å²) in [5.41, 5.74) is 6.56. The molecule has 0 heterocycles. The molecule has 5 heteroatoms. The van der Waals surface area contributed by atoms with E-state index in [1.165, 1.54) is 5.56 Å². The van der Waals surface area contributed by atoms with Crippen molar-refractivity contribution >= 4 is 29.3 Å². The van der Waals surface area contributed by atoms with Gasteiger partial charge in [0.05, 0.1) is 5.75 Å². The van der Waals surface area contributed by atoms with Crippen molar-refractivity contribution < 1.29 is 4.79 Å². The van der Waals surface area contributed by atoms with Crippen LogP contribution in [0.2, 0.25) is 5.02 Å². The highest BCUT2D eigenvalue weighted by Crippen LogP contribution is 2.15. The van der Waals surface area contributed by atoms with Gasteiger partial charge >= 0.3 is 0 Å². The van der Waals surface area contributed by atoms with Crippen molar-refractivity contribution in [1.82, 2.24) is 5.32 Å². The average Bonchev–Trinajstić information content (AvgIpc) is 2.37. The third-order valence-electron chi connectivity index (χ3n) is 2.37. The van der Waals surface area contributed by atoms with E-state index >= 15 is 0 Å². The Hall–Kier alpha value is -0.710. The van der Waals surface area contributed by atoms with Crippen molar-refractivity contribution in [3.8, 4) is 0 Å². The molecule has 3 N–H and O–H groups in total. The number of hydrogen-bond acceptors (Lipinski definition) is 3. The Labute approximate surface area is 117 Å². The number of rotatable bonds is 8. The highest BCUT2D eigenvalue weighted by Gasteiger charge is 2.01. The molecule has 0 fully saturated rings. The van der Waals surface area contributed by atoms with Crippen LogP contribution in [0.5, 0.6) is 0 Å². The van der Waals surface area contributed by atoms with Gasteiger partial charge in [-0.1, -0.05) is 23.7 Å². The molecule has 0 saturated heterocycles. The molecule has 0 aliphatic rings. The van der Waals surface area contributed by atoms with E-state index in [-0.39, 0.29) is 5.91 Å². The monoisotopic (exact) mass is 286 g/mol. The molecule has 0 saturated carbocycles. The summed E-state index contributed by atoms with van der Waals surface area (Å²) in [7, 11) is 0. The van der Waals surface area contributed by atoms with Crippen LogP contribution in [-0.2, 0) is 10.5 Å². The topological polar surface area (TPSA) is 55.1 Å². The van der Waals surface area contributed by atoms with Crippen LogP contribution < -0.4 is 11.1 Å². The number of nitrogens with two attached hydrogens (primary N) is 1. The van der Waals surface area contributed by atoms with Gasteiger partial charge in [0.15, 0.2) is 0 Å². The maximum Gasteiger partial charge on any atom is 0.230 e. The lowest BCUT2D eigenvalue weighted by Crippen LogP contribution is -2.26. The summed E-state index contributed by atoms with van der Waals surface area (Å²) in [5, 5.41) is 3.61. The molecule has 1 amide bonds. The fraction of sp³-hybridized carbons (Fsp3) is 0.462. The summed E-state index contributed by atoms with van der Waals surface area (Å²) in [5.74, 6) is 1.41. The fourth-order valence-corrected chi connectivity index (χ4v) is 2.33. The van der Waals surface area contributed by atoms with Crippen LogP contribution in [0.15, 0.2) is 24.3 Å². The van der Waals surface area contributed by atoms with Gasteiger partial charge in [-0.2, -0.15) is 0 Å². The van der Waals surface area contributed by atoms with Crippen LogP contribution >= 0.6 is 23.4 Å². The van der Waals surface area contributed by atoms with Crippen molar-refractivity contribution in [3.05, 3.63) is 34.9 Å². The van der Waals surface area contributed by atoms with Crippen molar-refractivity contribution in [2.75, 3.05) is 18.8 Å². The van der Waals surface area contributed by atoms with E-state index in [1.807, 2.05) is 24.3 Å². The minimum absolute atomic E-state index is 0.0889. The number of benzene rings is 1. The van der Waals surface area contributed by atoms with Crippen LogP contribution in [0.25, 0.3) is 0 Å².